The second-order valence-electron chi connectivity index (χ2n) is 9.70. The molecule has 0 aliphatic heterocycles. The summed E-state index contributed by atoms with van der Waals surface area (Å²) in [5.74, 6) is 0.204. The largest absolute Gasteiger partial charge is 0.443 e. The highest BCUT2D eigenvalue weighted by Gasteiger charge is 2.25. The molecule has 1 aliphatic carbocycles. The minimum atomic E-state index is -0.140. The summed E-state index contributed by atoms with van der Waals surface area (Å²) in [7, 11) is 0. The van der Waals surface area contributed by atoms with Crippen molar-refractivity contribution >= 4 is 39.6 Å². The van der Waals surface area contributed by atoms with Gasteiger partial charge in [-0.3, -0.25) is 18.9 Å². The van der Waals surface area contributed by atoms with Gasteiger partial charge in [0.05, 0.1) is 33.0 Å². The average molecular weight is 516 g/mol. The van der Waals surface area contributed by atoms with Gasteiger partial charge >= 0.3 is 5.69 Å². The van der Waals surface area contributed by atoms with Crippen LogP contribution in [0.3, 0.4) is 0 Å². The molecule has 3 heterocycles. The van der Waals surface area contributed by atoms with Crippen molar-refractivity contribution in [2.75, 3.05) is 0 Å². The molecule has 8 nitrogen and oxygen atoms in total. The van der Waals surface area contributed by atoms with Crippen molar-refractivity contribution in [2.24, 2.45) is 5.92 Å². The third kappa shape index (κ3) is 4.42. The smallest absolute Gasteiger partial charge is 0.333 e. The van der Waals surface area contributed by atoms with Gasteiger partial charge in [-0.05, 0) is 68.9 Å². The van der Waals surface area contributed by atoms with E-state index in [1.54, 1.807) is 23.8 Å². The van der Waals surface area contributed by atoms with Crippen LogP contribution in [0.25, 0.3) is 27.8 Å². The number of nitrogens with one attached hydrogen (secondary N) is 1. The summed E-state index contributed by atoms with van der Waals surface area (Å²) in [6.45, 7) is 2.44. The van der Waals surface area contributed by atoms with Gasteiger partial charge in [0.25, 0.3) is 5.91 Å². The molecule has 0 saturated heterocycles. The van der Waals surface area contributed by atoms with Gasteiger partial charge in [0.1, 0.15) is 5.52 Å². The summed E-state index contributed by atoms with van der Waals surface area (Å²) >= 11 is 6.04. The maximum absolute atomic E-state index is 13.7. The predicted molar refractivity (Wildman–Crippen MR) is 142 cm³/mol. The van der Waals surface area contributed by atoms with E-state index in [1.807, 2.05) is 47.0 Å². The van der Waals surface area contributed by atoms with E-state index in [2.05, 4.69) is 15.3 Å². The zero-order valence-corrected chi connectivity index (χ0v) is 21.1. The van der Waals surface area contributed by atoms with E-state index in [-0.39, 0.29) is 17.6 Å². The number of rotatable bonds is 5. The number of benzene rings is 2. The highest BCUT2D eigenvalue weighted by Crippen LogP contribution is 2.28. The molecule has 0 bridgehead atoms. The summed E-state index contributed by atoms with van der Waals surface area (Å²) in [6, 6.07) is 15.2. The summed E-state index contributed by atoms with van der Waals surface area (Å²) in [6.07, 6.45) is 6.52. The summed E-state index contributed by atoms with van der Waals surface area (Å²) in [4.78, 5) is 34.8. The molecule has 3 aromatic heterocycles. The molecule has 188 valence electrons. The number of aryl methyl sites for hydroxylation is 1. The number of halogens is 1. The van der Waals surface area contributed by atoms with Gasteiger partial charge in [0, 0.05) is 24.8 Å². The van der Waals surface area contributed by atoms with Gasteiger partial charge < -0.3 is 9.73 Å². The van der Waals surface area contributed by atoms with E-state index in [0.29, 0.717) is 34.3 Å². The Kier molecular flexibility index (Phi) is 6.04. The molecule has 0 atom stereocenters. The molecule has 0 unspecified atom stereocenters. The van der Waals surface area contributed by atoms with Crippen molar-refractivity contribution in [3.63, 3.8) is 0 Å². The van der Waals surface area contributed by atoms with Crippen LogP contribution in [0.4, 0.5) is 0 Å². The van der Waals surface area contributed by atoms with E-state index in [1.165, 1.54) is 6.39 Å². The lowest BCUT2D eigenvalue weighted by molar-refractivity contribution is 0.0919. The van der Waals surface area contributed by atoms with E-state index in [9.17, 15) is 9.59 Å². The topological polar surface area (TPSA) is 95.0 Å². The molecule has 0 radical (unpaired) electrons. The number of amides is 1. The van der Waals surface area contributed by atoms with E-state index >= 15 is 0 Å². The zero-order valence-electron chi connectivity index (χ0n) is 20.4. The van der Waals surface area contributed by atoms with Crippen molar-refractivity contribution in [1.82, 2.24) is 24.4 Å². The summed E-state index contributed by atoms with van der Waals surface area (Å²) in [5, 5.41) is 3.59. The molecule has 6 rings (SSSR count). The molecule has 1 saturated carbocycles. The molecule has 2 aromatic carbocycles. The van der Waals surface area contributed by atoms with Crippen LogP contribution in [0, 0.1) is 12.8 Å². The molecule has 37 heavy (non-hydrogen) atoms. The lowest BCUT2D eigenvalue weighted by Crippen LogP contribution is -2.39. The van der Waals surface area contributed by atoms with Crippen LogP contribution in [0.5, 0.6) is 0 Å². The molecule has 1 fully saturated rings. The molecule has 9 heteroatoms. The van der Waals surface area contributed by atoms with Crippen molar-refractivity contribution in [3.8, 4) is 5.69 Å². The number of imidazole rings is 1. The van der Waals surface area contributed by atoms with Gasteiger partial charge in [-0.1, -0.05) is 23.7 Å². The number of fused-ring (bicyclic) bond motifs is 2. The first-order chi connectivity index (χ1) is 18.0. The van der Waals surface area contributed by atoms with E-state index in [4.69, 9.17) is 16.0 Å². The highest BCUT2D eigenvalue weighted by atomic mass is 35.5. The monoisotopic (exact) mass is 515 g/mol. The number of aromatic nitrogens is 4. The second-order valence-corrected chi connectivity index (χ2v) is 10.1. The van der Waals surface area contributed by atoms with Gasteiger partial charge in [-0.2, -0.15) is 0 Å². The van der Waals surface area contributed by atoms with Crippen LogP contribution in [-0.2, 0) is 6.54 Å². The van der Waals surface area contributed by atoms with E-state index < -0.39 is 0 Å². The number of hydrogen-bond acceptors (Lipinski definition) is 5. The average Bonchev–Trinajstić information content (AvgIpc) is 3.48. The summed E-state index contributed by atoms with van der Waals surface area (Å²) in [5.41, 5.74) is 5.02. The predicted octanol–water partition coefficient (Wildman–Crippen LogP) is 5.28. The Balaban J connectivity index is 1.20. The van der Waals surface area contributed by atoms with Gasteiger partial charge in [-0.15, -0.1) is 0 Å². The van der Waals surface area contributed by atoms with Crippen molar-refractivity contribution in [3.05, 3.63) is 87.9 Å². The Morgan fingerprint density at radius 1 is 1.08 bits per heavy atom. The number of carbonyl (C=O) groups excluding carboxylic acids is 1. The molecule has 1 N–H and O–H groups in total. The Hall–Kier alpha value is -3.91. The Labute approximate surface area is 217 Å². The van der Waals surface area contributed by atoms with Crippen molar-refractivity contribution < 1.29 is 9.21 Å². The Bertz CT molecular complexity index is 1680. The third-order valence-corrected chi connectivity index (χ3v) is 7.54. The first-order valence-corrected chi connectivity index (χ1v) is 12.8. The van der Waals surface area contributed by atoms with Crippen LogP contribution in [0.15, 0.2) is 70.3 Å². The lowest BCUT2D eigenvalue weighted by atomic mass is 9.85. The number of oxazole rings is 1. The minimum Gasteiger partial charge on any atom is -0.443 e. The van der Waals surface area contributed by atoms with Crippen LogP contribution in [0.1, 0.15) is 41.7 Å². The first kappa shape index (κ1) is 23.5. The maximum atomic E-state index is 13.7. The van der Waals surface area contributed by atoms with Crippen molar-refractivity contribution in [1.29, 1.82) is 0 Å². The summed E-state index contributed by atoms with van der Waals surface area (Å²) < 4.78 is 9.09. The molecular formula is C28H26ClN5O3. The fourth-order valence-electron chi connectivity index (χ4n) is 5.37. The zero-order chi connectivity index (χ0) is 25.5. The number of nitrogens with zero attached hydrogens (tertiary/aromatic N) is 4. The van der Waals surface area contributed by atoms with Gasteiger partial charge in [0.15, 0.2) is 12.0 Å². The number of hydrogen-bond donors (Lipinski definition) is 1. The number of pyridine rings is 1. The fraction of sp³-hybridized carbons (Fsp3) is 0.286. The van der Waals surface area contributed by atoms with Crippen LogP contribution in [-0.4, -0.2) is 31.1 Å². The van der Waals surface area contributed by atoms with Gasteiger partial charge in [0.2, 0.25) is 0 Å². The second kappa shape index (κ2) is 9.52. The molecular weight excluding hydrogens is 490 g/mol. The van der Waals surface area contributed by atoms with Crippen LogP contribution >= 0.6 is 11.6 Å². The van der Waals surface area contributed by atoms with Crippen LogP contribution < -0.4 is 11.0 Å². The number of carbonyl (C=O) groups is 1. The molecule has 1 amide bonds. The molecule has 5 aromatic rings. The van der Waals surface area contributed by atoms with Crippen molar-refractivity contribution in [2.45, 2.75) is 45.2 Å². The number of para-hydroxylation sites is 2. The van der Waals surface area contributed by atoms with Crippen LogP contribution in [0.2, 0.25) is 5.02 Å². The fourth-order valence-corrected chi connectivity index (χ4v) is 5.52. The highest BCUT2D eigenvalue weighted by molar-refractivity contribution is 6.30. The normalized spacial score (nSPS) is 17.9. The third-order valence-electron chi connectivity index (χ3n) is 7.33. The first-order valence-electron chi connectivity index (χ1n) is 12.4. The van der Waals surface area contributed by atoms with Gasteiger partial charge in [-0.25, -0.2) is 9.78 Å². The SMILES string of the molecule is Cc1ncc(Cl)cc1C(=O)NC1CCC(Cn2c(=O)n(-c3ccc4ncoc4c3)c3ccccc32)CC1. The molecule has 1 aliphatic rings. The standard InChI is InChI=1S/C28H26ClN5O3/c1-17-22(12-19(29)14-30-17)27(35)32-20-8-6-18(7-9-20)15-33-24-4-2-3-5-25(24)34(28(33)36)21-10-11-23-26(13-21)37-16-31-23/h2-5,10-14,16,18,20H,6-9,15H2,1H3,(H,32,35). The Morgan fingerprint density at radius 3 is 2.68 bits per heavy atom. The maximum Gasteiger partial charge on any atom is 0.333 e. The minimum absolute atomic E-state index is 0.0700. The lowest BCUT2D eigenvalue weighted by Gasteiger charge is -2.29. The Morgan fingerprint density at radius 2 is 1.86 bits per heavy atom. The van der Waals surface area contributed by atoms with E-state index in [0.717, 1.165) is 47.9 Å². The quantitative estimate of drug-likeness (QED) is 0.343. The molecule has 0 spiro atoms.